The van der Waals surface area contributed by atoms with Crippen LogP contribution < -0.4 is 0 Å². The summed E-state index contributed by atoms with van der Waals surface area (Å²) < 4.78 is 4.95. The summed E-state index contributed by atoms with van der Waals surface area (Å²) in [5.74, 6) is -0.151. The summed E-state index contributed by atoms with van der Waals surface area (Å²) in [5.41, 5.74) is 2.48. The van der Waals surface area contributed by atoms with Gasteiger partial charge in [-0.1, -0.05) is 36.8 Å². The van der Waals surface area contributed by atoms with E-state index in [1.165, 1.54) is 11.1 Å². The number of ether oxygens (including phenoxy) is 1. The summed E-state index contributed by atoms with van der Waals surface area (Å²) in [5, 5.41) is 0. The molecule has 0 radical (unpaired) electrons. The Kier molecular flexibility index (Phi) is 5.70. The summed E-state index contributed by atoms with van der Waals surface area (Å²) >= 11 is 0. The maximum Gasteiger partial charge on any atom is 0.320 e. The van der Waals surface area contributed by atoms with Gasteiger partial charge in [0.15, 0.2) is 0 Å². The summed E-state index contributed by atoms with van der Waals surface area (Å²) in [6, 6.07) is 8.38. The van der Waals surface area contributed by atoms with Crippen LogP contribution in [0.5, 0.6) is 0 Å². The average molecular weight is 235 g/mol. The molecule has 1 aromatic carbocycles. The second-order valence-electron chi connectivity index (χ2n) is 4.09. The number of likely N-dealkylation sites (N-methyl/N-ethyl adjacent to an activating group) is 1. The summed E-state index contributed by atoms with van der Waals surface area (Å²) in [7, 11) is 0. The maximum absolute atomic E-state index is 11.4. The van der Waals surface area contributed by atoms with Gasteiger partial charge in [-0.05, 0) is 26.0 Å². The fourth-order valence-corrected chi connectivity index (χ4v) is 1.62. The zero-order chi connectivity index (χ0) is 12.7. The first kappa shape index (κ1) is 13.7. The van der Waals surface area contributed by atoms with Gasteiger partial charge >= 0.3 is 5.97 Å². The smallest absolute Gasteiger partial charge is 0.320 e. The molecular formula is C14H21NO2. The third-order valence-electron chi connectivity index (χ3n) is 2.63. The predicted molar refractivity (Wildman–Crippen MR) is 68.8 cm³/mol. The second kappa shape index (κ2) is 7.07. The fraction of sp³-hybridized carbons (Fsp3) is 0.500. The van der Waals surface area contributed by atoms with E-state index in [-0.39, 0.29) is 5.97 Å². The Hall–Kier alpha value is -1.35. The highest BCUT2D eigenvalue weighted by Crippen LogP contribution is 2.06. The minimum Gasteiger partial charge on any atom is -0.465 e. The van der Waals surface area contributed by atoms with Gasteiger partial charge in [0.05, 0.1) is 13.2 Å². The minimum atomic E-state index is -0.151. The number of hydrogen-bond donors (Lipinski definition) is 0. The predicted octanol–water partition coefficient (Wildman–Crippen LogP) is 2.38. The molecule has 1 aromatic rings. The van der Waals surface area contributed by atoms with Crippen LogP contribution in [0.4, 0.5) is 0 Å². The normalized spacial score (nSPS) is 10.6. The molecule has 0 aliphatic carbocycles. The Bertz CT molecular complexity index is 346. The minimum absolute atomic E-state index is 0.151. The van der Waals surface area contributed by atoms with Gasteiger partial charge in [0.1, 0.15) is 0 Å². The highest BCUT2D eigenvalue weighted by molar-refractivity contribution is 5.71. The number of benzene rings is 1. The highest BCUT2D eigenvalue weighted by atomic mass is 16.5. The topological polar surface area (TPSA) is 29.5 Å². The molecule has 0 aliphatic rings. The van der Waals surface area contributed by atoms with Crippen LogP contribution in [0.3, 0.4) is 0 Å². The lowest BCUT2D eigenvalue weighted by atomic mass is 10.1. The van der Waals surface area contributed by atoms with Gasteiger partial charge in [-0.2, -0.15) is 0 Å². The number of aryl methyl sites for hydroxylation is 1. The van der Waals surface area contributed by atoms with Crippen LogP contribution in [0, 0.1) is 6.92 Å². The standard InChI is InChI=1S/C14H21NO2/c1-4-15(11-14(16)17-5-2)10-13-8-6-12(3)7-9-13/h6-9H,4-5,10-11H2,1-3H3. The maximum atomic E-state index is 11.4. The first-order chi connectivity index (χ1) is 8.15. The van der Waals surface area contributed by atoms with Crippen molar-refractivity contribution in [3.63, 3.8) is 0 Å². The highest BCUT2D eigenvalue weighted by Gasteiger charge is 2.09. The van der Waals surface area contributed by atoms with E-state index < -0.39 is 0 Å². The molecule has 0 amide bonds. The Morgan fingerprint density at radius 2 is 1.88 bits per heavy atom. The number of carbonyl (C=O) groups excluding carboxylic acids is 1. The summed E-state index contributed by atoms with van der Waals surface area (Å²) in [6.07, 6.45) is 0. The van der Waals surface area contributed by atoms with E-state index in [9.17, 15) is 4.79 Å². The zero-order valence-electron chi connectivity index (χ0n) is 10.9. The van der Waals surface area contributed by atoms with E-state index in [1.54, 1.807) is 0 Å². The SMILES string of the molecule is CCOC(=O)CN(CC)Cc1ccc(C)cc1. The van der Waals surface area contributed by atoms with Gasteiger partial charge in [0, 0.05) is 6.54 Å². The molecule has 3 heteroatoms. The van der Waals surface area contributed by atoms with Crippen LogP contribution in [0.2, 0.25) is 0 Å². The first-order valence-corrected chi connectivity index (χ1v) is 6.09. The van der Waals surface area contributed by atoms with Crippen molar-refractivity contribution in [2.24, 2.45) is 0 Å². The Morgan fingerprint density at radius 3 is 2.41 bits per heavy atom. The fourth-order valence-electron chi connectivity index (χ4n) is 1.62. The molecule has 1 rings (SSSR count). The van der Waals surface area contributed by atoms with E-state index in [0.29, 0.717) is 13.2 Å². The van der Waals surface area contributed by atoms with Crippen molar-refractivity contribution < 1.29 is 9.53 Å². The Labute approximate surface area is 103 Å². The number of carbonyl (C=O) groups is 1. The number of esters is 1. The van der Waals surface area contributed by atoms with Crippen LogP contribution in [-0.2, 0) is 16.1 Å². The Balaban J connectivity index is 2.51. The van der Waals surface area contributed by atoms with E-state index in [4.69, 9.17) is 4.74 Å². The van der Waals surface area contributed by atoms with Crippen LogP contribution in [-0.4, -0.2) is 30.6 Å². The zero-order valence-corrected chi connectivity index (χ0v) is 10.9. The molecular weight excluding hydrogens is 214 g/mol. The van der Waals surface area contributed by atoms with Crippen molar-refractivity contribution in [2.75, 3.05) is 19.7 Å². The third kappa shape index (κ3) is 5.00. The monoisotopic (exact) mass is 235 g/mol. The largest absolute Gasteiger partial charge is 0.465 e. The molecule has 0 spiro atoms. The number of hydrogen-bond acceptors (Lipinski definition) is 3. The molecule has 17 heavy (non-hydrogen) atoms. The van der Waals surface area contributed by atoms with Crippen LogP contribution in [0.25, 0.3) is 0 Å². The molecule has 0 N–H and O–H groups in total. The van der Waals surface area contributed by atoms with Crippen molar-refractivity contribution >= 4 is 5.97 Å². The van der Waals surface area contributed by atoms with Gasteiger partial charge < -0.3 is 4.74 Å². The van der Waals surface area contributed by atoms with Crippen molar-refractivity contribution in [3.8, 4) is 0 Å². The van der Waals surface area contributed by atoms with Crippen LogP contribution in [0.15, 0.2) is 24.3 Å². The molecule has 0 aliphatic heterocycles. The first-order valence-electron chi connectivity index (χ1n) is 6.09. The molecule has 3 nitrogen and oxygen atoms in total. The van der Waals surface area contributed by atoms with Crippen LogP contribution >= 0.6 is 0 Å². The molecule has 0 aromatic heterocycles. The molecule has 0 heterocycles. The lowest BCUT2D eigenvalue weighted by Gasteiger charge is -2.19. The van der Waals surface area contributed by atoms with E-state index in [2.05, 4.69) is 36.1 Å². The molecule has 0 bridgehead atoms. The third-order valence-corrected chi connectivity index (χ3v) is 2.63. The lowest BCUT2D eigenvalue weighted by molar-refractivity contribution is -0.144. The Morgan fingerprint density at radius 1 is 1.24 bits per heavy atom. The molecule has 0 fully saturated rings. The quantitative estimate of drug-likeness (QED) is 0.709. The average Bonchev–Trinajstić information content (AvgIpc) is 2.31. The number of rotatable bonds is 6. The van der Waals surface area contributed by atoms with Gasteiger partial charge in [-0.3, -0.25) is 9.69 Å². The second-order valence-corrected chi connectivity index (χ2v) is 4.09. The van der Waals surface area contributed by atoms with E-state index >= 15 is 0 Å². The molecule has 94 valence electrons. The van der Waals surface area contributed by atoms with Crippen molar-refractivity contribution in [3.05, 3.63) is 35.4 Å². The van der Waals surface area contributed by atoms with Crippen molar-refractivity contribution in [2.45, 2.75) is 27.3 Å². The lowest BCUT2D eigenvalue weighted by Crippen LogP contribution is -2.30. The van der Waals surface area contributed by atoms with Crippen molar-refractivity contribution in [1.82, 2.24) is 4.90 Å². The van der Waals surface area contributed by atoms with Gasteiger partial charge in [0.25, 0.3) is 0 Å². The van der Waals surface area contributed by atoms with Crippen molar-refractivity contribution in [1.29, 1.82) is 0 Å². The van der Waals surface area contributed by atoms with Gasteiger partial charge in [-0.15, -0.1) is 0 Å². The van der Waals surface area contributed by atoms with Crippen LogP contribution in [0.1, 0.15) is 25.0 Å². The number of nitrogens with zero attached hydrogens (tertiary/aromatic N) is 1. The van der Waals surface area contributed by atoms with Gasteiger partial charge in [-0.25, -0.2) is 0 Å². The molecule has 0 atom stereocenters. The molecule has 0 saturated carbocycles. The summed E-state index contributed by atoms with van der Waals surface area (Å²) in [4.78, 5) is 13.5. The summed E-state index contributed by atoms with van der Waals surface area (Å²) in [6.45, 7) is 8.38. The van der Waals surface area contributed by atoms with Gasteiger partial charge in [0.2, 0.25) is 0 Å². The molecule has 0 saturated heterocycles. The van der Waals surface area contributed by atoms with E-state index in [0.717, 1.165) is 13.1 Å². The van der Waals surface area contributed by atoms with E-state index in [1.807, 2.05) is 13.8 Å². The molecule has 0 unspecified atom stereocenters.